The molecule has 0 bridgehead atoms. The molecule has 14 heteroatoms. The van der Waals surface area contributed by atoms with Gasteiger partial charge in [0.15, 0.2) is 0 Å². The van der Waals surface area contributed by atoms with E-state index >= 15 is 4.39 Å². The van der Waals surface area contributed by atoms with E-state index in [1.54, 1.807) is 14.0 Å². The summed E-state index contributed by atoms with van der Waals surface area (Å²) in [5.74, 6) is -1.04. The quantitative estimate of drug-likeness (QED) is 0.340. The molecule has 0 saturated heterocycles. The third kappa shape index (κ3) is 5.11. The number of methoxy groups -OCH3 is 1. The number of urea groups is 1. The topological polar surface area (TPSA) is 162 Å². The molecule has 0 aliphatic heterocycles. The molecule has 3 N–H and O–H groups in total. The Labute approximate surface area is 204 Å². The van der Waals surface area contributed by atoms with Gasteiger partial charge in [-0.05, 0) is 41.4 Å². The van der Waals surface area contributed by atoms with Crippen molar-refractivity contribution < 1.29 is 23.2 Å². The van der Waals surface area contributed by atoms with Crippen LogP contribution < -0.4 is 20.9 Å². The van der Waals surface area contributed by atoms with E-state index in [4.69, 9.17) is 9.26 Å². The monoisotopic (exact) mass is 495 g/mol. The number of carbonyl (C=O) groups is 2. The molecule has 4 aromatic rings. The number of amides is 3. The van der Waals surface area contributed by atoms with Crippen LogP contribution in [0.3, 0.4) is 0 Å². The lowest BCUT2D eigenvalue weighted by molar-refractivity contribution is 0.0898. The summed E-state index contributed by atoms with van der Waals surface area (Å²) in [5.41, 5.74) is 7.10. The van der Waals surface area contributed by atoms with Gasteiger partial charge in [0.2, 0.25) is 11.6 Å². The first-order valence-corrected chi connectivity index (χ1v) is 10.6. The van der Waals surface area contributed by atoms with Crippen LogP contribution in [0, 0.1) is 12.7 Å². The molecule has 3 aromatic heterocycles. The third-order valence-electron chi connectivity index (χ3n) is 5.15. The van der Waals surface area contributed by atoms with Crippen LogP contribution in [0.25, 0.3) is 22.5 Å². The summed E-state index contributed by atoms with van der Waals surface area (Å²) in [5, 5.41) is 18.2. The van der Waals surface area contributed by atoms with Gasteiger partial charge < -0.3 is 14.6 Å². The van der Waals surface area contributed by atoms with Crippen molar-refractivity contribution in [2.24, 2.45) is 7.05 Å². The fraction of sp³-hybridized carbons (Fsp3) is 0.227. The van der Waals surface area contributed by atoms with E-state index in [1.807, 2.05) is 25.1 Å². The normalized spacial score (nSPS) is 11.6. The number of hydrazine groups is 1. The Kier molecular flexibility index (Phi) is 6.85. The molecule has 13 nitrogen and oxygen atoms in total. The molecule has 1 aromatic carbocycles. The second-order valence-electron chi connectivity index (χ2n) is 7.70. The Morgan fingerprint density at radius 3 is 2.69 bits per heavy atom. The van der Waals surface area contributed by atoms with Crippen molar-refractivity contribution in [3.05, 3.63) is 59.4 Å². The summed E-state index contributed by atoms with van der Waals surface area (Å²) in [4.78, 5) is 29.7. The zero-order valence-corrected chi connectivity index (χ0v) is 19.7. The number of rotatable bonds is 6. The Bertz CT molecular complexity index is 1420. The lowest BCUT2D eigenvalue weighted by atomic mass is 9.96. The SMILES string of the molecule is COc1cc(C(=O)NNC(=O)NC(C)c2ncc(-c3cccc(C)c3-c3nnn(C)n3)cc2F)on1. The molecular weight excluding hydrogens is 473 g/mol. The Morgan fingerprint density at radius 1 is 1.22 bits per heavy atom. The molecule has 0 saturated carbocycles. The number of halogens is 1. The molecule has 186 valence electrons. The number of hydrogen-bond acceptors (Lipinski definition) is 9. The smallest absolute Gasteiger partial charge is 0.334 e. The van der Waals surface area contributed by atoms with E-state index in [9.17, 15) is 9.59 Å². The first kappa shape index (κ1) is 24.3. The molecule has 1 atom stereocenters. The van der Waals surface area contributed by atoms with Crippen LogP contribution in [0.5, 0.6) is 5.88 Å². The predicted molar refractivity (Wildman–Crippen MR) is 123 cm³/mol. The molecule has 0 radical (unpaired) electrons. The van der Waals surface area contributed by atoms with Gasteiger partial charge in [-0.3, -0.25) is 15.2 Å². The van der Waals surface area contributed by atoms with Crippen molar-refractivity contribution in [1.29, 1.82) is 0 Å². The second kappa shape index (κ2) is 10.2. The number of hydrogen-bond donors (Lipinski definition) is 3. The summed E-state index contributed by atoms with van der Waals surface area (Å²) in [6, 6.07) is 6.52. The van der Waals surface area contributed by atoms with Gasteiger partial charge in [0.05, 0.1) is 32.0 Å². The van der Waals surface area contributed by atoms with Gasteiger partial charge in [-0.1, -0.05) is 18.2 Å². The van der Waals surface area contributed by atoms with Crippen LogP contribution in [-0.2, 0) is 7.05 Å². The number of carbonyl (C=O) groups excluding carboxylic acids is 2. The summed E-state index contributed by atoms with van der Waals surface area (Å²) < 4.78 is 24.7. The lowest BCUT2D eigenvalue weighted by Crippen LogP contribution is -2.47. The Hall–Kier alpha value is -4.88. The van der Waals surface area contributed by atoms with E-state index < -0.39 is 23.8 Å². The van der Waals surface area contributed by atoms with Crippen LogP contribution in [0.4, 0.5) is 9.18 Å². The highest BCUT2D eigenvalue weighted by Gasteiger charge is 2.20. The third-order valence-corrected chi connectivity index (χ3v) is 5.15. The Morgan fingerprint density at radius 2 is 2.03 bits per heavy atom. The fourth-order valence-electron chi connectivity index (χ4n) is 3.44. The van der Waals surface area contributed by atoms with Crippen molar-refractivity contribution >= 4 is 11.9 Å². The summed E-state index contributed by atoms with van der Waals surface area (Å²) in [6.45, 7) is 3.45. The first-order chi connectivity index (χ1) is 17.3. The first-order valence-electron chi connectivity index (χ1n) is 10.6. The largest absolute Gasteiger partial charge is 0.479 e. The number of benzene rings is 1. The van der Waals surface area contributed by atoms with Gasteiger partial charge in [-0.2, -0.15) is 4.80 Å². The van der Waals surface area contributed by atoms with Gasteiger partial charge in [0.25, 0.3) is 5.88 Å². The summed E-state index contributed by atoms with van der Waals surface area (Å²) in [6.07, 6.45) is 1.50. The lowest BCUT2D eigenvalue weighted by Gasteiger charge is -2.16. The van der Waals surface area contributed by atoms with Crippen molar-refractivity contribution in [3.8, 4) is 28.4 Å². The molecule has 4 rings (SSSR count). The van der Waals surface area contributed by atoms with Gasteiger partial charge in [0, 0.05) is 17.3 Å². The summed E-state index contributed by atoms with van der Waals surface area (Å²) in [7, 11) is 3.02. The van der Waals surface area contributed by atoms with Crippen molar-refractivity contribution in [1.82, 2.24) is 46.5 Å². The minimum atomic E-state index is -0.819. The van der Waals surface area contributed by atoms with E-state index in [-0.39, 0.29) is 17.3 Å². The minimum Gasteiger partial charge on any atom is -0.479 e. The van der Waals surface area contributed by atoms with Gasteiger partial charge in [-0.15, -0.1) is 10.2 Å². The molecule has 0 spiro atoms. The molecule has 36 heavy (non-hydrogen) atoms. The highest BCUT2D eigenvalue weighted by Crippen LogP contribution is 2.33. The van der Waals surface area contributed by atoms with Gasteiger partial charge in [0.1, 0.15) is 5.82 Å². The van der Waals surface area contributed by atoms with Crippen molar-refractivity contribution in [3.63, 3.8) is 0 Å². The maximum atomic E-state index is 15.1. The van der Waals surface area contributed by atoms with E-state index in [0.717, 1.165) is 5.56 Å². The van der Waals surface area contributed by atoms with E-state index in [1.165, 1.54) is 30.2 Å². The maximum absolute atomic E-state index is 15.1. The molecule has 1 unspecified atom stereocenters. The van der Waals surface area contributed by atoms with Gasteiger partial charge >= 0.3 is 11.9 Å². The minimum absolute atomic E-state index is 0.00651. The molecule has 0 fully saturated rings. The summed E-state index contributed by atoms with van der Waals surface area (Å²) >= 11 is 0. The fourth-order valence-corrected chi connectivity index (χ4v) is 3.44. The standard InChI is InChI=1S/C22H22FN9O4/c1-11-6-5-7-14(18(11)20-26-31-32(3)29-20)13-8-15(23)19(24-10-13)12(2)25-22(34)28-27-21(33)16-9-17(35-4)30-36-16/h5-10,12H,1-4H3,(H,27,33)(H2,25,28,34). The average Bonchev–Trinajstić information content (AvgIpc) is 3.51. The van der Waals surface area contributed by atoms with E-state index in [2.05, 4.69) is 41.7 Å². The number of nitrogens with zero attached hydrogens (tertiary/aromatic N) is 6. The molecule has 0 aliphatic rings. The number of ether oxygens (including phenoxy) is 1. The van der Waals surface area contributed by atoms with Crippen LogP contribution >= 0.6 is 0 Å². The zero-order chi connectivity index (χ0) is 25.8. The Balaban J connectivity index is 1.45. The highest BCUT2D eigenvalue weighted by molar-refractivity contribution is 5.92. The second-order valence-corrected chi connectivity index (χ2v) is 7.70. The highest BCUT2D eigenvalue weighted by atomic mass is 19.1. The average molecular weight is 495 g/mol. The number of tetrazole rings is 1. The number of aromatic nitrogens is 6. The predicted octanol–water partition coefficient (Wildman–Crippen LogP) is 2.09. The molecular formula is C22H22FN9O4. The van der Waals surface area contributed by atoms with Crippen LogP contribution in [-0.4, -0.2) is 49.4 Å². The molecule has 3 heterocycles. The van der Waals surface area contributed by atoms with Gasteiger partial charge in [-0.25, -0.2) is 14.6 Å². The van der Waals surface area contributed by atoms with Crippen LogP contribution in [0.15, 0.2) is 41.1 Å². The zero-order valence-electron chi connectivity index (χ0n) is 19.7. The van der Waals surface area contributed by atoms with Crippen LogP contribution in [0.2, 0.25) is 0 Å². The van der Waals surface area contributed by atoms with Crippen molar-refractivity contribution in [2.45, 2.75) is 19.9 Å². The van der Waals surface area contributed by atoms with E-state index in [0.29, 0.717) is 22.5 Å². The molecule has 3 amide bonds. The van der Waals surface area contributed by atoms with Crippen LogP contribution in [0.1, 0.15) is 34.8 Å². The number of nitrogens with one attached hydrogen (secondary N) is 3. The number of aryl methyl sites for hydroxylation is 2. The van der Waals surface area contributed by atoms with Crippen molar-refractivity contribution in [2.75, 3.05) is 7.11 Å². The molecule has 0 aliphatic carbocycles. The number of pyridine rings is 1. The maximum Gasteiger partial charge on any atom is 0.334 e.